The van der Waals surface area contributed by atoms with Gasteiger partial charge in [-0.3, -0.25) is 4.79 Å². The smallest absolute Gasteiger partial charge is 0.240 e. The molecule has 7 nitrogen and oxygen atoms in total. The van der Waals surface area contributed by atoms with Crippen molar-refractivity contribution >= 4 is 15.9 Å². The number of amides is 1. The summed E-state index contributed by atoms with van der Waals surface area (Å²) in [7, 11) is -3.74. The second-order valence-electron chi connectivity index (χ2n) is 6.51. The van der Waals surface area contributed by atoms with Gasteiger partial charge in [0.15, 0.2) is 11.5 Å². The monoisotopic (exact) mass is 404 g/mol. The zero-order valence-corrected chi connectivity index (χ0v) is 16.6. The summed E-state index contributed by atoms with van der Waals surface area (Å²) >= 11 is 0. The molecule has 1 heterocycles. The van der Waals surface area contributed by atoms with Crippen LogP contribution >= 0.6 is 0 Å². The van der Waals surface area contributed by atoms with E-state index in [1.54, 1.807) is 6.07 Å². The van der Waals surface area contributed by atoms with Crippen molar-refractivity contribution in [3.63, 3.8) is 0 Å². The van der Waals surface area contributed by atoms with E-state index in [0.717, 1.165) is 17.5 Å². The van der Waals surface area contributed by atoms with Crippen LogP contribution in [0.3, 0.4) is 0 Å². The number of hydrogen-bond acceptors (Lipinski definition) is 5. The lowest BCUT2D eigenvalue weighted by Crippen LogP contribution is -2.30. The summed E-state index contributed by atoms with van der Waals surface area (Å²) in [4.78, 5) is 12.1. The second kappa shape index (κ2) is 9.07. The molecule has 150 valence electrons. The van der Waals surface area contributed by atoms with Crippen LogP contribution in [0, 0.1) is 6.92 Å². The molecule has 0 fully saturated rings. The molecule has 8 heteroatoms. The Morgan fingerprint density at radius 3 is 2.61 bits per heavy atom. The van der Waals surface area contributed by atoms with E-state index < -0.39 is 10.0 Å². The molecule has 3 rings (SSSR count). The Balaban J connectivity index is 1.51. The third-order valence-electron chi connectivity index (χ3n) is 4.41. The van der Waals surface area contributed by atoms with E-state index in [-0.39, 0.29) is 23.8 Å². The first-order chi connectivity index (χ1) is 13.5. The highest BCUT2D eigenvalue weighted by atomic mass is 32.2. The van der Waals surface area contributed by atoms with Crippen molar-refractivity contribution in [3.8, 4) is 11.5 Å². The largest absolute Gasteiger partial charge is 0.490 e. The van der Waals surface area contributed by atoms with Gasteiger partial charge in [-0.05, 0) is 30.2 Å². The normalized spacial score (nSPS) is 13.6. The minimum absolute atomic E-state index is 0.0103. The Morgan fingerprint density at radius 2 is 1.82 bits per heavy atom. The summed E-state index contributed by atoms with van der Waals surface area (Å²) < 4.78 is 38.4. The summed E-state index contributed by atoms with van der Waals surface area (Å²) in [5.41, 5.74) is 2.13. The summed E-state index contributed by atoms with van der Waals surface area (Å²) in [6.07, 6.45) is 0.794. The summed E-state index contributed by atoms with van der Waals surface area (Å²) in [5, 5.41) is 2.80. The van der Waals surface area contributed by atoms with Crippen LogP contribution in [0.4, 0.5) is 0 Å². The summed E-state index contributed by atoms with van der Waals surface area (Å²) in [6, 6.07) is 12.3. The predicted octanol–water partition coefficient (Wildman–Crippen LogP) is 2.14. The van der Waals surface area contributed by atoms with Crippen molar-refractivity contribution in [3.05, 3.63) is 53.6 Å². The molecule has 0 saturated carbocycles. The maximum atomic E-state index is 12.5. The van der Waals surface area contributed by atoms with E-state index in [0.29, 0.717) is 31.3 Å². The molecule has 1 aliphatic heterocycles. The lowest BCUT2D eigenvalue weighted by molar-refractivity contribution is -0.121. The number of aryl methyl sites for hydroxylation is 1. The van der Waals surface area contributed by atoms with Crippen LogP contribution in [0.5, 0.6) is 11.5 Å². The maximum absolute atomic E-state index is 12.5. The van der Waals surface area contributed by atoms with Crippen molar-refractivity contribution in [2.24, 2.45) is 0 Å². The Morgan fingerprint density at radius 1 is 1.07 bits per heavy atom. The van der Waals surface area contributed by atoms with E-state index >= 15 is 0 Å². The van der Waals surface area contributed by atoms with E-state index in [1.165, 1.54) is 12.1 Å². The average Bonchev–Trinajstić information content (AvgIpc) is 2.92. The number of carbonyl (C=O) groups excluding carboxylic acids is 1. The first-order valence-electron chi connectivity index (χ1n) is 9.16. The number of sulfonamides is 1. The van der Waals surface area contributed by atoms with Gasteiger partial charge in [-0.2, -0.15) is 0 Å². The molecule has 1 amide bonds. The van der Waals surface area contributed by atoms with Crippen molar-refractivity contribution in [2.75, 3.05) is 19.8 Å². The molecular formula is C20H24N2O5S. The van der Waals surface area contributed by atoms with Crippen LogP contribution < -0.4 is 19.5 Å². The Labute approximate surface area is 165 Å². The van der Waals surface area contributed by atoms with Crippen LogP contribution in [0.25, 0.3) is 0 Å². The molecule has 1 aliphatic rings. The molecule has 0 spiro atoms. The van der Waals surface area contributed by atoms with E-state index in [9.17, 15) is 13.2 Å². The van der Waals surface area contributed by atoms with E-state index in [1.807, 2.05) is 31.2 Å². The fourth-order valence-electron chi connectivity index (χ4n) is 2.78. The minimum atomic E-state index is -3.74. The number of nitrogens with one attached hydrogen (secondary N) is 2. The fourth-order valence-corrected chi connectivity index (χ4v) is 3.83. The molecule has 0 aliphatic carbocycles. The SMILES string of the molecule is Cc1ccccc1CNC(=O)CCNS(=O)(=O)c1ccc2c(c1)OCCCO2. The molecule has 2 aromatic carbocycles. The van der Waals surface area contributed by atoms with Gasteiger partial charge < -0.3 is 14.8 Å². The van der Waals surface area contributed by atoms with Gasteiger partial charge in [0, 0.05) is 32.0 Å². The first kappa shape index (κ1) is 20.2. The van der Waals surface area contributed by atoms with Crippen LogP contribution in [0.2, 0.25) is 0 Å². The second-order valence-corrected chi connectivity index (χ2v) is 8.28. The average molecular weight is 404 g/mol. The van der Waals surface area contributed by atoms with Crippen LogP contribution in [-0.4, -0.2) is 34.1 Å². The Bertz CT molecular complexity index is 943. The van der Waals surface area contributed by atoms with Crippen LogP contribution in [0.15, 0.2) is 47.4 Å². The lowest BCUT2D eigenvalue weighted by atomic mass is 10.1. The number of benzene rings is 2. The highest BCUT2D eigenvalue weighted by Crippen LogP contribution is 2.31. The van der Waals surface area contributed by atoms with Gasteiger partial charge in [0.25, 0.3) is 0 Å². The van der Waals surface area contributed by atoms with Gasteiger partial charge in [-0.15, -0.1) is 0 Å². The molecule has 28 heavy (non-hydrogen) atoms. The number of ether oxygens (including phenoxy) is 2. The molecule has 0 unspecified atom stereocenters. The van der Waals surface area contributed by atoms with Gasteiger partial charge in [-0.25, -0.2) is 13.1 Å². The van der Waals surface area contributed by atoms with Gasteiger partial charge in [0.2, 0.25) is 15.9 Å². The highest BCUT2D eigenvalue weighted by Gasteiger charge is 2.18. The zero-order valence-electron chi connectivity index (χ0n) is 15.7. The third-order valence-corrected chi connectivity index (χ3v) is 5.87. The number of carbonyl (C=O) groups is 1. The number of fused-ring (bicyclic) bond motifs is 1. The Hall–Kier alpha value is -2.58. The lowest BCUT2D eigenvalue weighted by Gasteiger charge is -2.11. The topological polar surface area (TPSA) is 93.7 Å². The summed E-state index contributed by atoms with van der Waals surface area (Å²) in [5.74, 6) is 0.730. The van der Waals surface area contributed by atoms with Crippen LogP contribution in [-0.2, 0) is 21.4 Å². The standard InChI is InChI=1S/C20H24N2O5S/c1-15-5-2-3-6-16(15)14-21-20(23)9-10-22-28(24,25)17-7-8-18-19(13-17)27-12-4-11-26-18/h2-3,5-8,13,22H,4,9-12,14H2,1H3,(H,21,23). The van der Waals surface area contributed by atoms with Crippen molar-refractivity contribution in [1.82, 2.24) is 10.0 Å². The van der Waals surface area contributed by atoms with Gasteiger partial charge in [0.05, 0.1) is 18.1 Å². The quantitative estimate of drug-likeness (QED) is 0.737. The molecule has 2 N–H and O–H groups in total. The first-order valence-corrected chi connectivity index (χ1v) is 10.6. The summed E-state index contributed by atoms with van der Waals surface area (Å²) in [6.45, 7) is 3.42. The predicted molar refractivity (Wildman–Crippen MR) is 105 cm³/mol. The highest BCUT2D eigenvalue weighted by molar-refractivity contribution is 7.89. The van der Waals surface area contributed by atoms with Gasteiger partial charge in [-0.1, -0.05) is 24.3 Å². The van der Waals surface area contributed by atoms with Gasteiger partial charge >= 0.3 is 0 Å². The van der Waals surface area contributed by atoms with Crippen molar-refractivity contribution in [2.45, 2.75) is 31.2 Å². The zero-order chi connectivity index (χ0) is 20.0. The van der Waals surface area contributed by atoms with Gasteiger partial charge in [0.1, 0.15) is 0 Å². The molecule has 0 aromatic heterocycles. The maximum Gasteiger partial charge on any atom is 0.240 e. The fraction of sp³-hybridized carbons (Fsp3) is 0.350. The minimum Gasteiger partial charge on any atom is -0.490 e. The number of hydrogen-bond donors (Lipinski definition) is 2. The Kier molecular flexibility index (Phi) is 6.53. The molecule has 0 radical (unpaired) electrons. The molecule has 0 atom stereocenters. The van der Waals surface area contributed by atoms with E-state index in [4.69, 9.17) is 9.47 Å². The molecule has 2 aromatic rings. The molecular weight excluding hydrogens is 380 g/mol. The molecule has 0 bridgehead atoms. The van der Waals surface area contributed by atoms with Crippen LogP contribution in [0.1, 0.15) is 24.0 Å². The molecule has 0 saturated heterocycles. The van der Waals surface area contributed by atoms with E-state index in [2.05, 4.69) is 10.0 Å². The van der Waals surface area contributed by atoms with Crippen molar-refractivity contribution in [1.29, 1.82) is 0 Å². The van der Waals surface area contributed by atoms with Crippen molar-refractivity contribution < 1.29 is 22.7 Å². The number of rotatable bonds is 7. The third kappa shape index (κ3) is 5.24.